The third-order valence-electron chi connectivity index (χ3n) is 4.79. The van der Waals surface area contributed by atoms with Crippen LogP contribution in [0.3, 0.4) is 0 Å². The Hall–Kier alpha value is -3.22. The van der Waals surface area contributed by atoms with E-state index in [0.717, 1.165) is 0 Å². The van der Waals surface area contributed by atoms with Gasteiger partial charge in [0.2, 0.25) is 5.91 Å². The van der Waals surface area contributed by atoms with Crippen LogP contribution in [0, 0.1) is 11.6 Å². The number of ether oxygens (including phenoxy) is 1. The van der Waals surface area contributed by atoms with Gasteiger partial charge < -0.3 is 10.1 Å². The van der Waals surface area contributed by atoms with E-state index in [1.165, 1.54) is 36.1 Å². The molecule has 0 spiro atoms. The predicted octanol–water partition coefficient (Wildman–Crippen LogP) is 3.83. The molecule has 1 aromatic heterocycles. The number of carbonyl (C=O) groups excluding carboxylic acids is 1. The second-order valence-electron chi connectivity index (χ2n) is 6.48. The summed E-state index contributed by atoms with van der Waals surface area (Å²) in [6, 6.07) is 12.0. The topological polar surface area (TPSA) is 56.1 Å². The van der Waals surface area contributed by atoms with Crippen LogP contribution in [0.1, 0.15) is 18.4 Å². The van der Waals surface area contributed by atoms with Gasteiger partial charge in [-0.1, -0.05) is 18.2 Å². The molecule has 1 amide bonds. The monoisotopic (exact) mass is 369 g/mol. The normalized spacial score (nSPS) is 14.6. The first-order chi connectivity index (χ1) is 13.0. The van der Waals surface area contributed by atoms with Crippen molar-refractivity contribution in [2.24, 2.45) is 0 Å². The molecule has 138 valence electrons. The van der Waals surface area contributed by atoms with E-state index in [0.29, 0.717) is 35.7 Å². The van der Waals surface area contributed by atoms with Gasteiger partial charge in [-0.15, -0.1) is 5.10 Å². The minimum atomic E-state index is -0.845. The van der Waals surface area contributed by atoms with Crippen molar-refractivity contribution < 1.29 is 18.3 Å². The van der Waals surface area contributed by atoms with Gasteiger partial charge in [0.15, 0.2) is 5.82 Å². The molecule has 0 radical (unpaired) electrons. The van der Waals surface area contributed by atoms with E-state index in [4.69, 9.17) is 4.74 Å². The van der Waals surface area contributed by atoms with Gasteiger partial charge in [-0.3, -0.25) is 4.79 Å². The lowest BCUT2D eigenvalue weighted by Crippen LogP contribution is -2.29. The Balaban J connectivity index is 1.57. The summed E-state index contributed by atoms with van der Waals surface area (Å²) in [5, 5.41) is 7.06. The molecule has 1 heterocycles. The average Bonchev–Trinajstić information content (AvgIpc) is 3.35. The summed E-state index contributed by atoms with van der Waals surface area (Å²) >= 11 is 0. The molecule has 1 fully saturated rings. The van der Waals surface area contributed by atoms with Gasteiger partial charge in [-0.2, -0.15) is 0 Å². The number of methoxy groups -OCH3 is 1. The number of nitrogens with one attached hydrogen (secondary N) is 1. The summed E-state index contributed by atoms with van der Waals surface area (Å²) in [6.45, 7) is 0. The van der Waals surface area contributed by atoms with Gasteiger partial charge in [0.1, 0.15) is 23.1 Å². The number of benzene rings is 2. The summed E-state index contributed by atoms with van der Waals surface area (Å²) in [6.07, 6.45) is 2.81. The Morgan fingerprint density at radius 3 is 2.67 bits per heavy atom. The first-order valence-electron chi connectivity index (χ1n) is 8.49. The molecule has 0 saturated heterocycles. The molecule has 4 rings (SSSR count). The molecule has 1 saturated carbocycles. The Labute approximate surface area is 154 Å². The molecule has 0 bridgehead atoms. The second kappa shape index (κ2) is 6.50. The number of amides is 1. The van der Waals surface area contributed by atoms with Crippen molar-refractivity contribution in [1.29, 1.82) is 0 Å². The highest BCUT2D eigenvalue weighted by atomic mass is 19.1. The third-order valence-corrected chi connectivity index (χ3v) is 4.79. The molecule has 5 nitrogen and oxygen atoms in total. The number of nitrogens with zero attached hydrogens (tertiary/aromatic N) is 2. The molecule has 7 heteroatoms. The maximum atomic E-state index is 14.1. The van der Waals surface area contributed by atoms with Crippen molar-refractivity contribution in [3.8, 4) is 11.4 Å². The number of halogens is 2. The number of rotatable bonds is 5. The van der Waals surface area contributed by atoms with E-state index >= 15 is 0 Å². The molecule has 3 aromatic rings. The molecule has 1 N–H and O–H groups in total. The summed E-state index contributed by atoms with van der Waals surface area (Å²) in [5.74, 6) is -0.442. The highest BCUT2D eigenvalue weighted by Gasteiger charge is 2.52. The Morgan fingerprint density at radius 1 is 1.19 bits per heavy atom. The van der Waals surface area contributed by atoms with Crippen LogP contribution >= 0.6 is 0 Å². The quantitative estimate of drug-likeness (QED) is 0.744. The van der Waals surface area contributed by atoms with Crippen LogP contribution in [-0.4, -0.2) is 22.8 Å². The van der Waals surface area contributed by atoms with E-state index in [9.17, 15) is 13.6 Å². The first-order valence-corrected chi connectivity index (χ1v) is 8.49. The number of hydrogen-bond donors (Lipinski definition) is 1. The van der Waals surface area contributed by atoms with Gasteiger partial charge in [0, 0.05) is 23.9 Å². The van der Waals surface area contributed by atoms with Crippen LogP contribution in [0.4, 0.5) is 14.6 Å². The molecular formula is C20H17F2N3O2. The highest BCUT2D eigenvalue weighted by Crippen LogP contribution is 2.49. The Morgan fingerprint density at radius 2 is 1.96 bits per heavy atom. The number of carbonyl (C=O) groups is 1. The van der Waals surface area contributed by atoms with Gasteiger partial charge >= 0.3 is 0 Å². The van der Waals surface area contributed by atoms with Gasteiger partial charge in [0.25, 0.3) is 0 Å². The SMILES string of the molecule is COc1cc(F)ccc1-n1ccc(NC(=O)C2(c3ccccc3F)CC2)n1. The highest BCUT2D eigenvalue weighted by molar-refractivity contribution is 6.00. The molecular weight excluding hydrogens is 352 g/mol. The summed E-state index contributed by atoms with van der Waals surface area (Å²) in [5.41, 5.74) is 0.0969. The van der Waals surface area contributed by atoms with Crippen LogP contribution in [0.25, 0.3) is 5.69 Å². The molecule has 27 heavy (non-hydrogen) atoms. The first kappa shape index (κ1) is 17.2. The standard InChI is InChI=1S/C20H17F2N3O2/c1-27-17-12-13(21)6-7-16(17)25-11-8-18(24-25)23-19(26)20(9-10-20)14-4-2-3-5-15(14)22/h2-8,11-12H,9-10H2,1H3,(H,23,24,26). The maximum Gasteiger partial charge on any atom is 0.236 e. The molecule has 0 unspecified atom stereocenters. The fourth-order valence-corrected chi connectivity index (χ4v) is 3.19. The summed E-state index contributed by atoms with van der Waals surface area (Å²) in [7, 11) is 1.44. The smallest absolute Gasteiger partial charge is 0.236 e. The number of anilines is 1. The van der Waals surface area contributed by atoms with Gasteiger partial charge in [-0.05, 0) is 31.0 Å². The van der Waals surface area contributed by atoms with Crippen molar-refractivity contribution in [3.05, 3.63) is 71.9 Å². The van der Waals surface area contributed by atoms with E-state index in [-0.39, 0.29) is 11.7 Å². The summed E-state index contributed by atoms with van der Waals surface area (Å²) < 4.78 is 34.1. The van der Waals surface area contributed by atoms with Crippen molar-refractivity contribution in [2.45, 2.75) is 18.3 Å². The molecule has 1 aliphatic rings. The lowest BCUT2D eigenvalue weighted by atomic mass is 9.94. The van der Waals surface area contributed by atoms with Crippen LogP contribution < -0.4 is 10.1 Å². The molecule has 2 aromatic carbocycles. The van der Waals surface area contributed by atoms with E-state index < -0.39 is 11.2 Å². The largest absolute Gasteiger partial charge is 0.494 e. The molecule has 1 aliphatic carbocycles. The van der Waals surface area contributed by atoms with Crippen LogP contribution in [-0.2, 0) is 10.2 Å². The molecule has 0 atom stereocenters. The number of hydrogen-bond acceptors (Lipinski definition) is 3. The fourth-order valence-electron chi connectivity index (χ4n) is 3.19. The van der Waals surface area contributed by atoms with Gasteiger partial charge in [0.05, 0.1) is 12.5 Å². The van der Waals surface area contributed by atoms with Crippen molar-refractivity contribution >= 4 is 11.7 Å². The zero-order valence-electron chi connectivity index (χ0n) is 14.6. The summed E-state index contributed by atoms with van der Waals surface area (Å²) in [4.78, 5) is 12.8. The van der Waals surface area contributed by atoms with Crippen molar-refractivity contribution in [3.63, 3.8) is 0 Å². The van der Waals surface area contributed by atoms with Crippen LogP contribution in [0.5, 0.6) is 5.75 Å². The molecule has 0 aliphatic heterocycles. The second-order valence-corrected chi connectivity index (χ2v) is 6.48. The van der Waals surface area contributed by atoms with E-state index in [1.807, 2.05) is 0 Å². The van der Waals surface area contributed by atoms with Crippen molar-refractivity contribution in [1.82, 2.24) is 9.78 Å². The lowest BCUT2D eigenvalue weighted by Gasteiger charge is -2.15. The maximum absolute atomic E-state index is 14.1. The Bertz CT molecular complexity index is 1010. The number of aromatic nitrogens is 2. The zero-order chi connectivity index (χ0) is 19.0. The fraction of sp³-hybridized carbons (Fsp3) is 0.200. The van der Waals surface area contributed by atoms with E-state index in [2.05, 4.69) is 10.4 Å². The van der Waals surface area contributed by atoms with Crippen molar-refractivity contribution in [2.75, 3.05) is 12.4 Å². The zero-order valence-corrected chi connectivity index (χ0v) is 14.6. The average molecular weight is 369 g/mol. The minimum Gasteiger partial charge on any atom is -0.494 e. The third kappa shape index (κ3) is 3.05. The van der Waals surface area contributed by atoms with Gasteiger partial charge in [-0.25, -0.2) is 13.5 Å². The minimum absolute atomic E-state index is 0.288. The van der Waals surface area contributed by atoms with Crippen LogP contribution in [0.2, 0.25) is 0 Å². The Kier molecular flexibility index (Phi) is 4.14. The van der Waals surface area contributed by atoms with E-state index in [1.54, 1.807) is 30.5 Å². The predicted molar refractivity (Wildman–Crippen MR) is 96.0 cm³/mol. The lowest BCUT2D eigenvalue weighted by molar-refractivity contribution is -0.118. The van der Waals surface area contributed by atoms with Crippen LogP contribution in [0.15, 0.2) is 54.7 Å².